The number of nitrogens with two attached hydrogens (primary N) is 1. The van der Waals surface area contributed by atoms with Crippen molar-refractivity contribution in [2.24, 2.45) is 10.7 Å². The third kappa shape index (κ3) is 6.79. The van der Waals surface area contributed by atoms with Gasteiger partial charge in [0.1, 0.15) is 5.84 Å². The van der Waals surface area contributed by atoms with E-state index in [1.54, 1.807) is 6.20 Å². The van der Waals surface area contributed by atoms with Gasteiger partial charge in [0.25, 0.3) is 0 Å². The van der Waals surface area contributed by atoms with Crippen molar-refractivity contribution in [1.82, 2.24) is 4.98 Å². The third-order valence-corrected chi connectivity index (χ3v) is 13.1. The molecule has 3 heteroatoms. The molecule has 0 aliphatic heterocycles. The normalized spacial score (nSPS) is 13.4. The summed E-state index contributed by atoms with van der Waals surface area (Å²) in [5.74, 6) is 0.482. The zero-order valence-corrected chi connectivity index (χ0v) is 35.4. The molecule has 0 bridgehead atoms. The molecule has 0 saturated heterocycles. The van der Waals surface area contributed by atoms with Gasteiger partial charge in [0.05, 0.1) is 5.70 Å². The zero-order valence-electron chi connectivity index (χ0n) is 35.4. The molecule has 0 amide bonds. The van der Waals surface area contributed by atoms with E-state index in [1.165, 1.54) is 71.6 Å². The van der Waals surface area contributed by atoms with Gasteiger partial charge >= 0.3 is 0 Å². The van der Waals surface area contributed by atoms with Crippen LogP contribution in [0.1, 0.15) is 41.7 Å². The monoisotopic (exact) mass is 807 g/mol. The average Bonchev–Trinajstić information content (AvgIpc) is 3.56. The van der Waals surface area contributed by atoms with E-state index in [0.717, 1.165) is 38.7 Å². The lowest BCUT2D eigenvalue weighted by Crippen LogP contribution is -2.14. The Hall–Kier alpha value is -7.88. The Bertz CT molecular complexity index is 3430. The summed E-state index contributed by atoms with van der Waals surface area (Å²) in [4.78, 5) is 9.46. The highest BCUT2D eigenvalue weighted by Crippen LogP contribution is 2.51. The predicted molar refractivity (Wildman–Crippen MR) is 266 cm³/mol. The number of allylic oxidation sites excluding steroid dienone is 1. The predicted octanol–water partition coefficient (Wildman–Crippen LogP) is 14.8. The van der Waals surface area contributed by atoms with Crippen molar-refractivity contribution in [2.45, 2.75) is 25.7 Å². The lowest BCUT2D eigenvalue weighted by atomic mass is 9.81. The smallest absolute Gasteiger partial charge is 0.131 e. The minimum atomic E-state index is -0.0771. The lowest BCUT2D eigenvalue weighted by molar-refractivity contribution is 0.661. The van der Waals surface area contributed by atoms with Crippen LogP contribution in [-0.2, 0) is 11.8 Å². The van der Waals surface area contributed by atoms with E-state index in [-0.39, 0.29) is 5.41 Å². The van der Waals surface area contributed by atoms with Crippen molar-refractivity contribution in [1.29, 1.82) is 0 Å². The molecule has 10 aromatic rings. The second-order valence-electron chi connectivity index (χ2n) is 17.1. The van der Waals surface area contributed by atoms with Gasteiger partial charge in [0.2, 0.25) is 0 Å². The van der Waals surface area contributed by atoms with E-state index < -0.39 is 0 Å². The number of nitrogens with zero attached hydrogens (tertiary/aromatic N) is 2. The topological polar surface area (TPSA) is 51.3 Å². The fourth-order valence-corrected chi connectivity index (χ4v) is 9.75. The minimum Gasteiger partial charge on any atom is -0.383 e. The van der Waals surface area contributed by atoms with E-state index in [0.29, 0.717) is 12.3 Å². The van der Waals surface area contributed by atoms with Crippen LogP contribution in [0.4, 0.5) is 0 Å². The van der Waals surface area contributed by atoms with Gasteiger partial charge in [-0.3, -0.25) is 4.98 Å². The van der Waals surface area contributed by atoms with Crippen LogP contribution in [0.15, 0.2) is 218 Å². The van der Waals surface area contributed by atoms with Gasteiger partial charge in [-0.05, 0) is 124 Å². The maximum Gasteiger partial charge on any atom is 0.131 e. The summed E-state index contributed by atoms with van der Waals surface area (Å²) in [5, 5.41) is 7.31. The second-order valence-corrected chi connectivity index (χ2v) is 17.1. The molecular formula is C60H45N3. The van der Waals surface area contributed by atoms with E-state index in [2.05, 4.69) is 183 Å². The standard InChI is InChI=1S/C60H45N3/c1-60(2)56-32-27-44(36-54(56)55-35-42-15-6-7-16-43(42)37-57(55)60)46-28-29-51(48-19-9-8-18-47(46)48)52-30-31-53(50-21-11-10-20-49(50)52)58(63-59(61)41-13-4-3-5-14-41)33-24-39-22-25-40(26-23-39)45-17-12-34-62-38-45/h3-23,25-38H,24H2,1-2H3,(H2,61,63)/b58-33-. The van der Waals surface area contributed by atoms with Crippen LogP contribution in [0.3, 0.4) is 0 Å². The highest BCUT2D eigenvalue weighted by atomic mass is 14.9. The van der Waals surface area contributed by atoms with E-state index >= 15 is 0 Å². The number of pyridine rings is 1. The molecule has 0 saturated carbocycles. The number of rotatable bonds is 8. The van der Waals surface area contributed by atoms with Crippen LogP contribution in [-0.4, -0.2) is 10.8 Å². The quantitative estimate of drug-likeness (QED) is 0.123. The van der Waals surface area contributed by atoms with Gasteiger partial charge in [-0.15, -0.1) is 0 Å². The van der Waals surface area contributed by atoms with Crippen LogP contribution in [0, 0.1) is 0 Å². The van der Waals surface area contributed by atoms with Gasteiger partial charge < -0.3 is 5.73 Å². The number of benzene rings is 9. The first-order valence-corrected chi connectivity index (χ1v) is 21.7. The number of fused-ring (bicyclic) bond motifs is 6. The largest absolute Gasteiger partial charge is 0.383 e. The van der Waals surface area contributed by atoms with Crippen molar-refractivity contribution >= 4 is 43.9 Å². The number of aromatic nitrogens is 1. The summed E-state index contributed by atoms with van der Waals surface area (Å²) in [6.45, 7) is 4.72. The Labute approximate surface area is 368 Å². The molecule has 300 valence electrons. The Morgan fingerprint density at radius 1 is 0.508 bits per heavy atom. The second kappa shape index (κ2) is 15.5. The van der Waals surface area contributed by atoms with Crippen LogP contribution in [0.25, 0.3) is 82.5 Å². The van der Waals surface area contributed by atoms with Crippen LogP contribution in [0.5, 0.6) is 0 Å². The van der Waals surface area contributed by atoms with Crippen molar-refractivity contribution in [2.75, 3.05) is 0 Å². The molecule has 1 aromatic heterocycles. The molecule has 0 fully saturated rings. The highest BCUT2D eigenvalue weighted by Gasteiger charge is 2.36. The molecule has 0 radical (unpaired) electrons. The fraction of sp³-hybridized carbons (Fsp3) is 0.0667. The summed E-state index contributed by atoms with van der Waals surface area (Å²) >= 11 is 0. The Kier molecular flexibility index (Phi) is 9.39. The summed E-state index contributed by atoms with van der Waals surface area (Å²) in [6, 6.07) is 70.0. The molecule has 0 atom stereocenters. The first-order valence-electron chi connectivity index (χ1n) is 21.7. The lowest BCUT2D eigenvalue weighted by Gasteiger charge is -2.22. The van der Waals surface area contributed by atoms with Crippen LogP contribution >= 0.6 is 0 Å². The molecule has 0 unspecified atom stereocenters. The van der Waals surface area contributed by atoms with Gasteiger partial charge in [-0.25, -0.2) is 4.99 Å². The maximum absolute atomic E-state index is 6.77. The molecule has 2 N–H and O–H groups in total. The molecule has 1 aliphatic rings. The number of hydrogen-bond acceptors (Lipinski definition) is 2. The SMILES string of the molecule is CC1(C)c2ccc(-c3ccc(-c4ccc(/C(=C/Cc5ccc(-c6cccnc6)cc5)N=C(N)c5ccccc5)c5ccccc45)c4ccccc34)cc2-c2cc3ccccc3cc21. The number of aliphatic imine (C=N–C) groups is 1. The number of amidine groups is 1. The molecule has 3 nitrogen and oxygen atoms in total. The molecule has 63 heavy (non-hydrogen) atoms. The first kappa shape index (κ1) is 38.1. The average molecular weight is 808 g/mol. The summed E-state index contributed by atoms with van der Waals surface area (Å²) in [5.41, 5.74) is 23.2. The van der Waals surface area contributed by atoms with Gasteiger partial charge in [-0.1, -0.05) is 190 Å². The molecule has 1 aliphatic carbocycles. The number of hydrogen-bond donors (Lipinski definition) is 1. The first-order chi connectivity index (χ1) is 30.9. The molecule has 11 rings (SSSR count). The van der Waals surface area contributed by atoms with E-state index in [1.807, 2.05) is 42.6 Å². The summed E-state index contributed by atoms with van der Waals surface area (Å²) in [6.07, 6.45) is 6.60. The summed E-state index contributed by atoms with van der Waals surface area (Å²) < 4.78 is 0. The highest BCUT2D eigenvalue weighted by molar-refractivity contribution is 6.12. The van der Waals surface area contributed by atoms with Gasteiger partial charge in [0, 0.05) is 28.9 Å². The van der Waals surface area contributed by atoms with E-state index in [4.69, 9.17) is 10.7 Å². The van der Waals surface area contributed by atoms with E-state index in [9.17, 15) is 0 Å². The third-order valence-electron chi connectivity index (χ3n) is 13.1. The minimum absolute atomic E-state index is 0.0771. The molecular weight excluding hydrogens is 763 g/mol. The van der Waals surface area contributed by atoms with Gasteiger partial charge in [0.15, 0.2) is 0 Å². The zero-order chi connectivity index (χ0) is 42.5. The molecule has 9 aromatic carbocycles. The Morgan fingerprint density at radius 2 is 1.11 bits per heavy atom. The van der Waals surface area contributed by atoms with Crippen molar-refractivity contribution in [3.8, 4) is 44.5 Å². The van der Waals surface area contributed by atoms with Gasteiger partial charge in [-0.2, -0.15) is 0 Å². The van der Waals surface area contributed by atoms with Crippen LogP contribution in [0.2, 0.25) is 0 Å². The molecule has 0 spiro atoms. The fourth-order valence-electron chi connectivity index (χ4n) is 9.75. The van der Waals surface area contributed by atoms with Crippen molar-refractivity contribution in [3.05, 3.63) is 240 Å². The summed E-state index contributed by atoms with van der Waals surface area (Å²) in [7, 11) is 0. The maximum atomic E-state index is 6.77. The Balaban J connectivity index is 1.00. The van der Waals surface area contributed by atoms with Crippen molar-refractivity contribution in [3.63, 3.8) is 0 Å². The molecule has 1 heterocycles. The van der Waals surface area contributed by atoms with Crippen molar-refractivity contribution < 1.29 is 0 Å². The van der Waals surface area contributed by atoms with Crippen LogP contribution < -0.4 is 5.73 Å². The Morgan fingerprint density at radius 3 is 1.84 bits per heavy atom.